The number of ether oxygens (including phenoxy) is 2. The fourth-order valence-corrected chi connectivity index (χ4v) is 3.76. The van der Waals surface area contributed by atoms with Crippen molar-refractivity contribution < 1.29 is 19.1 Å². The van der Waals surface area contributed by atoms with Crippen LogP contribution in [0.2, 0.25) is 5.02 Å². The molecule has 33 heavy (non-hydrogen) atoms. The Kier molecular flexibility index (Phi) is 7.60. The molecule has 3 aromatic carbocycles. The van der Waals surface area contributed by atoms with Crippen molar-refractivity contribution in [1.82, 2.24) is 5.32 Å². The van der Waals surface area contributed by atoms with Crippen LogP contribution in [-0.4, -0.2) is 31.1 Å². The SMILES string of the molecule is O=C(Nc1ccccc1C(=O)NCC1CCCO1)c1ccc(OCc2ccccc2Cl)cc1. The first-order valence-electron chi connectivity index (χ1n) is 10.9. The number of nitrogens with one attached hydrogen (secondary N) is 2. The van der Waals surface area contributed by atoms with E-state index in [-0.39, 0.29) is 17.9 Å². The molecule has 4 rings (SSSR count). The molecule has 0 spiro atoms. The molecule has 7 heteroatoms. The van der Waals surface area contributed by atoms with Crippen molar-refractivity contribution in [3.05, 3.63) is 94.5 Å². The molecule has 1 saturated heterocycles. The van der Waals surface area contributed by atoms with E-state index >= 15 is 0 Å². The van der Waals surface area contributed by atoms with E-state index in [1.165, 1.54) is 0 Å². The van der Waals surface area contributed by atoms with Gasteiger partial charge in [-0.05, 0) is 55.3 Å². The van der Waals surface area contributed by atoms with Gasteiger partial charge in [-0.25, -0.2) is 0 Å². The summed E-state index contributed by atoms with van der Waals surface area (Å²) in [5, 5.41) is 6.37. The minimum Gasteiger partial charge on any atom is -0.489 e. The maximum absolute atomic E-state index is 12.8. The first kappa shape index (κ1) is 22.8. The van der Waals surface area contributed by atoms with Crippen molar-refractivity contribution in [3.8, 4) is 5.75 Å². The number of para-hydroxylation sites is 1. The molecule has 3 aromatic rings. The van der Waals surface area contributed by atoms with Crippen molar-refractivity contribution in [2.24, 2.45) is 0 Å². The maximum Gasteiger partial charge on any atom is 0.255 e. The number of hydrogen-bond acceptors (Lipinski definition) is 4. The van der Waals surface area contributed by atoms with Gasteiger partial charge in [-0.1, -0.05) is 41.9 Å². The van der Waals surface area contributed by atoms with E-state index in [4.69, 9.17) is 21.1 Å². The molecular weight excluding hydrogens is 440 g/mol. The van der Waals surface area contributed by atoms with Gasteiger partial charge in [0.05, 0.1) is 17.4 Å². The molecule has 1 aliphatic heterocycles. The summed E-state index contributed by atoms with van der Waals surface area (Å²) in [5.41, 5.74) is 2.19. The molecule has 1 aliphatic rings. The van der Waals surface area contributed by atoms with Crippen molar-refractivity contribution in [2.45, 2.75) is 25.6 Å². The summed E-state index contributed by atoms with van der Waals surface area (Å²) >= 11 is 6.15. The van der Waals surface area contributed by atoms with Crippen LogP contribution >= 0.6 is 11.6 Å². The Balaban J connectivity index is 1.36. The number of hydrogen-bond donors (Lipinski definition) is 2. The summed E-state index contributed by atoms with van der Waals surface area (Å²) in [6.07, 6.45) is 2.00. The summed E-state index contributed by atoms with van der Waals surface area (Å²) in [6.45, 7) is 1.52. The number of rotatable bonds is 8. The van der Waals surface area contributed by atoms with Gasteiger partial charge in [0.25, 0.3) is 11.8 Å². The Morgan fingerprint density at radius 1 is 0.970 bits per heavy atom. The van der Waals surface area contributed by atoms with E-state index in [0.29, 0.717) is 40.7 Å². The highest BCUT2D eigenvalue weighted by molar-refractivity contribution is 6.31. The minimum absolute atomic E-state index is 0.0503. The Labute approximate surface area is 197 Å². The summed E-state index contributed by atoms with van der Waals surface area (Å²) < 4.78 is 11.3. The molecule has 2 N–H and O–H groups in total. The summed E-state index contributed by atoms with van der Waals surface area (Å²) in [4.78, 5) is 25.4. The predicted molar refractivity (Wildman–Crippen MR) is 128 cm³/mol. The predicted octanol–water partition coefficient (Wildman–Crippen LogP) is 5.08. The van der Waals surface area contributed by atoms with Gasteiger partial charge < -0.3 is 20.1 Å². The molecule has 170 valence electrons. The Bertz CT molecular complexity index is 1110. The molecule has 1 fully saturated rings. The second-order valence-electron chi connectivity index (χ2n) is 7.75. The molecule has 6 nitrogen and oxygen atoms in total. The first-order valence-corrected chi connectivity index (χ1v) is 11.2. The zero-order valence-electron chi connectivity index (χ0n) is 18.1. The molecule has 1 heterocycles. The lowest BCUT2D eigenvalue weighted by atomic mass is 10.1. The highest BCUT2D eigenvalue weighted by Gasteiger charge is 2.18. The lowest BCUT2D eigenvalue weighted by Gasteiger charge is -2.14. The van der Waals surface area contributed by atoms with Crippen molar-refractivity contribution in [2.75, 3.05) is 18.5 Å². The minimum atomic E-state index is -0.313. The van der Waals surface area contributed by atoms with Crippen LogP contribution in [0, 0.1) is 0 Å². The number of benzene rings is 3. The Morgan fingerprint density at radius 3 is 2.48 bits per heavy atom. The fraction of sp³-hybridized carbons (Fsp3) is 0.231. The van der Waals surface area contributed by atoms with Gasteiger partial charge in [0.15, 0.2) is 0 Å². The third-order valence-electron chi connectivity index (χ3n) is 5.40. The number of amides is 2. The van der Waals surface area contributed by atoms with E-state index in [1.54, 1.807) is 48.5 Å². The molecule has 0 saturated carbocycles. The van der Waals surface area contributed by atoms with Crippen LogP contribution in [0.1, 0.15) is 39.1 Å². The Hall–Kier alpha value is -3.35. The smallest absolute Gasteiger partial charge is 0.255 e. The molecule has 0 aliphatic carbocycles. The number of carbonyl (C=O) groups is 2. The largest absolute Gasteiger partial charge is 0.489 e. The number of anilines is 1. The lowest BCUT2D eigenvalue weighted by Crippen LogP contribution is -2.32. The van der Waals surface area contributed by atoms with Crippen LogP contribution in [-0.2, 0) is 11.3 Å². The highest BCUT2D eigenvalue weighted by Crippen LogP contribution is 2.21. The van der Waals surface area contributed by atoms with Crippen molar-refractivity contribution in [1.29, 1.82) is 0 Å². The third kappa shape index (κ3) is 6.12. The number of halogens is 1. The number of carbonyl (C=O) groups excluding carboxylic acids is 2. The summed E-state index contributed by atoms with van der Waals surface area (Å²) in [7, 11) is 0. The van der Waals surface area contributed by atoms with E-state index in [2.05, 4.69) is 10.6 Å². The van der Waals surface area contributed by atoms with Gasteiger partial charge >= 0.3 is 0 Å². The van der Waals surface area contributed by atoms with Crippen LogP contribution < -0.4 is 15.4 Å². The van der Waals surface area contributed by atoms with E-state index < -0.39 is 0 Å². The molecule has 2 amide bonds. The van der Waals surface area contributed by atoms with E-state index in [9.17, 15) is 9.59 Å². The normalized spacial score (nSPS) is 15.1. The topological polar surface area (TPSA) is 76.7 Å². The zero-order valence-corrected chi connectivity index (χ0v) is 18.8. The van der Waals surface area contributed by atoms with Crippen LogP contribution in [0.4, 0.5) is 5.69 Å². The monoisotopic (exact) mass is 464 g/mol. The van der Waals surface area contributed by atoms with Crippen LogP contribution in [0.25, 0.3) is 0 Å². The van der Waals surface area contributed by atoms with Gasteiger partial charge in [0.2, 0.25) is 0 Å². The van der Waals surface area contributed by atoms with Gasteiger partial charge in [-0.15, -0.1) is 0 Å². The second-order valence-corrected chi connectivity index (χ2v) is 8.16. The molecule has 1 atom stereocenters. The van der Waals surface area contributed by atoms with Crippen LogP contribution in [0.5, 0.6) is 5.75 Å². The molecule has 0 bridgehead atoms. The summed E-state index contributed by atoms with van der Waals surface area (Å²) in [5.74, 6) is 0.0668. The van der Waals surface area contributed by atoms with Crippen molar-refractivity contribution >= 4 is 29.1 Å². The lowest BCUT2D eigenvalue weighted by molar-refractivity contribution is 0.0858. The molecular formula is C26H25ClN2O4. The molecule has 1 unspecified atom stereocenters. The third-order valence-corrected chi connectivity index (χ3v) is 5.77. The van der Waals surface area contributed by atoms with E-state index in [0.717, 1.165) is 25.0 Å². The molecule has 0 aromatic heterocycles. The second kappa shape index (κ2) is 11.0. The van der Waals surface area contributed by atoms with Crippen molar-refractivity contribution in [3.63, 3.8) is 0 Å². The van der Waals surface area contributed by atoms with Crippen LogP contribution in [0.15, 0.2) is 72.8 Å². The average molecular weight is 465 g/mol. The van der Waals surface area contributed by atoms with E-state index in [1.807, 2.05) is 24.3 Å². The average Bonchev–Trinajstić information content (AvgIpc) is 3.36. The molecule has 0 radical (unpaired) electrons. The quantitative estimate of drug-likeness (QED) is 0.487. The maximum atomic E-state index is 12.8. The van der Waals surface area contributed by atoms with Gasteiger partial charge in [-0.3, -0.25) is 9.59 Å². The zero-order chi connectivity index (χ0) is 23.0. The Morgan fingerprint density at radius 2 is 1.73 bits per heavy atom. The highest BCUT2D eigenvalue weighted by atomic mass is 35.5. The standard InChI is InChI=1S/C26H25ClN2O4/c27-23-9-3-1-6-19(23)17-33-20-13-11-18(12-14-20)25(30)29-24-10-4-2-8-22(24)26(31)28-16-21-7-5-15-32-21/h1-4,6,8-14,21H,5,7,15-17H2,(H,28,31)(H,29,30). The summed E-state index contributed by atoms with van der Waals surface area (Å²) in [6, 6.07) is 21.2. The first-order chi connectivity index (χ1) is 16.1. The van der Waals surface area contributed by atoms with Gasteiger partial charge in [0, 0.05) is 29.3 Å². The van der Waals surface area contributed by atoms with Gasteiger partial charge in [-0.2, -0.15) is 0 Å². The fourth-order valence-electron chi connectivity index (χ4n) is 3.57. The van der Waals surface area contributed by atoms with Gasteiger partial charge in [0.1, 0.15) is 12.4 Å². The van der Waals surface area contributed by atoms with Crippen LogP contribution in [0.3, 0.4) is 0 Å².